The van der Waals surface area contributed by atoms with Gasteiger partial charge in [0.05, 0.1) is 16.9 Å². The first kappa shape index (κ1) is 19.2. The number of nitrogens with one attached hydrogen (secondary N) is 2. The number of nitrogens with zero attached hydrogens (tertiary/aromatic N) is 1. The highest BCUT2D eigenvalue weighted by atomic mass is 32.2. The topological polar surface area (TPSA) is 74.8 Å². The van der Waals surface area contributed by atoms with Gasteiger partial charge >= 0.3 is 0 Å². The Labute approximate surface area is 172 Å². The standard InChI is InChI=1S/C21H23N3O2S2/c1-12-4-3-5-14(8-12)22-18(25)11-27-10-17-23-20(26)19-15-7-6-13(2)9-16(15)28-21(19)24-17/h3-5,8,13H,6-7,9-11H2,1-2H3,(H,22,25)(H,23,24,26)/t13-/m1/s1. The van der Waals surface area contributed by atoms with Gasteiger partial charge in [0.25, 0.3) is 5.56 Å². The summed E-state index contributed by atoms with van der Waals surface area (Å²) in [6, 6.07) is 7.73. The third kappa shape index (κ3) is 4.15. The summed E-state index contributed by atoms with van der Waals surface area (Å²) >= 11 is 3.11. The van der Waals surface area contributed by atoms with Crippen molar-refractivity contribution in [2.24, 2.45) is 5.92 Å². The summed E-state index contributed by atoms with van der Waals surface area (Å²) in [4.78, 5) is 34.5. The third-order valence-electron chi connectivity index (χ3n) is 4.99. The average Bonchev–Trinajstić information content (AvgIpc) is 2.99. The van der Waals surface area contributed by atoms with E-state index in [9.17, 15) is 9.59 Å². The number of H-pyrrole nitrogens is 1. The maximum atomic E-state index is 12.6. The van der Waals surface area contributed by atoms with E-state index in [1.165, 1.54) is 22.2 Å². The molecule has 2 heterocycles. The lowest BCUT2D eigenvalue weighted by molar-refractivity contribution is -0.113. The van der Waals surface area contributed by atoms with Crippen LogP contribution >= 0.6 is 23.1 Å². The van der Waals surface area contributed by atoms with Crippen molar-refractivity contribution in [3.05, 3.63) is 56.4 Å². The Balaban J connectivity index is 1.41. The number of anilines is 1. The van der Waals surface area contributed by atoms with Crippen LogP contribution in [0.25, 0.3) is 10.2 Å². The maximum Gasteiger partial charge on any atom is 0.259 e. The fraction of sp³-hybridized carbons (Fsp3) is 0.381. The third-order valence-corrected chi connectivity index (χ3v) is 7.08. The average molecular weight is 414 g/mol. The van der Waals surface area contributed by atoms with Crippen molar-refractivity contribution >= 4 is 44.9 Å². The van der Waals surface area contributed by atoms with Crippen LogP contribution in [0.1, 0.15) is 35.2 Å². The molecule has 28 heavy (non-hydrogen) atoms. The maximum absolute atomic E-state index is 12.6. The van der Waals surface area contributed by atoms with E-state index in [0.29, 0.717) is 23.2 Å². The zero-order valence-electron chi connectivity index (χ0n) is 16.0. The van der Waals surface area contributed by atoms with Gasteiger partial charge in [0.15, 0.2) is 0 Å². The van der Waals surface area contributed by atoms with E-state index in [0.717, 1.165) is 40.7 Å². The molecule has 0 fully saturated rings. The van der Waals surface area contributed by atoms with Crippen LogP contribution in [0.15, 0.2) is 29.1 Å². The number of thioether (sulfide) groups is 1. The lowest BCUT2D eigenvalue weighted by atomic mass is 9.89. The molecule has 0 radical (unpaired) electrons. The molecule has 1 aliphatic rings. The van der Waals surface area contributed by atoms with Crippen molar-refractivity contribution in [3.8, 4) is 0 Å². The number of hydrogen-bond donors (Lipinski definition) is 2. The predicted octanol–water partition coefficient (Wildman–Crippen LogP) is 4.29. The number of amides is 1. The fourth-order valence-corrected chi connectivity index (χ4v) is 5.71. The number of hydrogen-bond acceptors (Lipinski definition) is 5. The van der Waals surface area contributed by atoms with Crippen LogP contribution in [0, 0.1) is 12.8 Å². The van der Waals surface area contributed by atoms with Crippen LogP contribution < -0.4 is 10.9 Å². The van der Waals surface area contributed by atoms with E-state index in [-0.39, 0.29) is 11.5 Å². The quantitative estimate of drug-likeness (QED) is 0.654. The van der Waals surface area contributed by atoms with Gasteiger partial charge in [-0.15, -0.1) is 23.1 Å². The second-order valence-electron chi connectivity index (χ2n) is 7.45. The zero-order valence-corrected chi connectivity index (χ0v) is 17.6. The van der Waals surface area contributed by atoms with Crippen molar-refractivity contribution in [1.82, 2.24) is 9.97 Å². The van der Waals surface area contributed by atoms with Gasteiger partial charge < -0.3 is 10.3 Å². The minimum Gasteiger partial charge on any atom is -0.325 e. The summed E-state index contributed by atoms with van der Waals surface area (Å²) < 4.78 is 0. The molecule has 1 atom stereocenters. The molecule has 0 saturated carbocycles. The van der Waals surface area contributed by atoms with Gasteiger partial charge in [-0.2, -0.15) is 0 Å². The molecule has 2 N–H and O–H groups in total. The number of rotatable bonds is 5. The number of aryl methyl sites for hydroxylation is 2. The number of carbonyl (C=O) groups excluding carboxylic acids is 1. The first-order chi connectivity index (χ1) is 13.5. The van der Waals surface area contributed by atoms with Crippen molar-refractivity contribution in [3.63, 3.8) is 0 Å². The van der Waals surface area contributed by atoms with Gasteiger partial charge in [0.2, 0.25) is 5.91 Å². The molecule has 3 aromatic rings. The molecule has 146 valence electrons. The fourth-order valence-electron chi connectivity index (χ4n) is 3.62. The number of benzene rings is 1. The lowest BCUT2D eigenvalue weighted by Crippen LogP contribution is -2.16. The number of carbonyl (C=O) groups is 1. The molecule has 0 bridgehead atoms. The number of thiophene rings is 1. The molecular formula is C21H23N3O2S2. The SMILES string of the molecule is Cc1cccc(NC(=O)CSCc2nc3sc4c(c3c(=O)[nH]2)CC[C@@H](C)C4)c1. The summed E-state index contributed by atoms with van der Waals surface area (Å²) in [6.07, 6.45) is 3.14. The van der Waals surface area contributed by atoms with Crippen LogP contribution in [0.3, 0.4) is 0 Å². The summed E-state index contributed by atoms with van der Waals surface area (Å²) in [5, 5.41) is 3.67. The summed E-state index contributed by atoms with van der Waals surface area (Å²) in [7, 11) is 0. The minimum atomic E-state index is -0.0559. The molecule has 7 heteroatoms. The van der Waals surface area contributed by atoms with Gasteiger partial charge in [0.1, 0.15) is 10.7 Å². The van der Waals surface area contributed by atoms with E-state index in [1.807, 2.05) is 31.2 Å². The normalized spacial score (nSPS) is 16.1. The number of aromatic nitrogens is 2. The monoisotopic (exact) mass is 413 g/mol. The van der Waals surface area contributed by atoms with Crippen LogP contribution in [-0.2, 0) is 23.4 Å². The molecule has 4 rings (SSSR count). The largest absolute Gasteiger partial charge is 0.325 e. The van der Waals surface area contributed by atoms with E-state index in [4.69, 9.17) is 0 Å². The van der Waals surface area contributed by atoms with Crippen molar-refractivity contribution < 1.29 is 4.79 Å². The molecule has 0 saturated heterocycles. The first-order valence-corrected chi connectivity index (χ1v) is 11.4. The van der Waals surface area contributed by atoms with Gasteiger partial charge in [-0.1, -0.05) is 19.1 Å². The smallest absolute Gasteiger partial charge is 0.259 e. The minimum absolute atomic E-state index is 0.0446. The van der Waals surface area contributed by atoms with Crippen LogP contribution in [0.5, 0.6) is 0 Å². The van der Waals surface area contributed by atoms with Crippen LogP contribution in [0.2, 0.25) is 0 Å². The summed E-state index contributed by atoms with van der Waals surface area (Å²) in [5.41, 5.74) is 3.06. The van der Waals surface area contributed by atoms with Crippen molar-refractivity contribution in [1.29, 1.82) is 0 Å². The molecule has 5 nitrogen and oxygen atoms in total. The lowest BCUT2D eigenvalue weighted by Gasteiger charge is -2.17. The van der Waals surface area contributed by atoms with Crippen LogP contribution in [-0.4, -0.2) is 21.6 Å². The van der Waals surface area contributed by atoms with Crippen molar-refractivity contribution in [2.75, 3.05) is 11.1 Å². The molecule has 1 aromatic carbocycles. The second kappa shape index (κ2) is 8.09. The predicted molar refractivity (Wildman–Crippen MR) is 117 cm³/mol. The van der Waals surface area contributed by atoms with Crippen LogP contribution in [0.4, 0.5) is 5.69 Å². The molecule has 1 aliphatic carbocycles. The highest BCUT2D eigenvalue weighted by molar-refractivity contribution is 7.99. The Hall–Kier alpha value is -2.12. The second-order valence-corrected chi connectivity index (χ2v) is 9.52. The molecular weight excluding hydrogens is 390 g/mol. The Morgan fingerprint density at radius 2 is 2.29 bits per heavy atom. The molecule has 0 unspecified atom stereocenters. The summed E-state index contributed by atoms with van der Waals surface area (Å²) in [5.74, 6) is 2.07. The Kier molecular flexibility index (Phi) is 5.55. The zero-order chi connectivity index (χ0) is 19.7. The van der Waals surface area contributed by atoms with Gasteiger partial charge in [-0.3, -0.25) is 9.59 Å². The van der Waals surface area contributed by atoms with E-state index in [1.54, 1.807) is 11.3 Å². The highest BCUT2D eigenvalue weighted by Gasteiger charge is 2.23. The van der Waals surface area contributed by atoms with Gasteiger partial charge in [-0.25, -0.2) is 4.98 Å². The highest BCUT2D eigenvalue weighted by Crippen LogP contribution is 2.35. The summed E-state index contributed by atoms with van der Waals surface area (Å²) in [6.45, 7) is 4.25. The number of fused-ring (bicyclic) bond motifs is 3. The Morgan fingerprint density at radius 3 is 3.11 bits per heavy atom. The van der Waals surface area contributed by atoms with Gasteiger partial charge in [0, 0.05) is 10.6 Å². The molecule has 0 spiro atoms. The molecule has 2 aromatic heterocycles. The first-order valence-electron chi connectivity index (χ1n) is 9.47. The molecule has 1 amide bonds. The molecule has 0 aliphatic heterocycles. The van der Waals surface area contributed by atoms with E-state index in [2.05, 4.69) is 22.2 Å². The van der Waals surface area contributed by atoms with Crippen molar-refractivity contribution in [2.45, 2.75) is 38.9 Å². The van der Waals surface area contributed by atoms with Gasteiger partial charge in [-0.05, 0) is 55.4 Å². The van der Waals surface area contributed by atoms with E-state index < -0.39 is 0 Å². The number of aromatic amines is 1. The Bertz CT molecular complexity index is 1090. The van der Waals surface area contributed by atoms with E-state index >= 15 is 0 Å². The Morgan fingerprint density at radius 1 is 1.43 bits per heavy atom.